The quantitative estimate of drug-likeness (QED) is 0.702. The topological polar surface area (TPSA) is 20.2 Å². The molecule has 1 nitrogen and oxygen atoms in total. The number of hydrogen-bond acceptors (Lipinski definition) is 1. The van der Waals surface area contributed by atoms with Crippen molar-refractivity contribution in [3.8, 4) is 0 Å². The van der Waals surface area contributed by atoms with Gasteiger partial charge >= 0.3 is 0 Å². The molecule has 0 aromatic carbocycles. The average molecular weight is 222 g/mol. The van der Waals surface area contributed by atoms with Gasteiger partial charge in [0.2, 0.25) is 0 Å². The van der Waals surface area contributed by atoms with Crippen molar-refractivity contribution >= 4 is 0 Å². The Balaban J connectivity index is 1.91. The largest absolute Gasteiger partial charge is 0.393 e. The molecule has 3 atom stereocenters. The van der Waals surface area contributed by atoms with Crippen LogP contribution in [-0.2, 0) is 0 Å². The molecule has 1 N–H and O–H groups in total. The van der Waals surface area contributed by atoms with Crippen LogP contribution in [0.5, 0.6) is 0 Å². The van der Waals surface area contributed by atoms with Gasteiger partial charge in [-0.25, -0.2) is 0 Å². The zero-order valence-corrected chi connectivity index (χ0v) is 11.0. The van der Waals surface area contributed by atoms with Crippen LogP contribution in [0.1, 0.15) is 59.3 Å². The molecule has 0 spiro atoms. The summed E-state index contributed by atoms with van der Waals surface area (Å²) >= 11 is 0. The second kappa shape index (κ2) is 4.52. The minimum atomic E-state index is -0.0164. The lowest BCUT2D eigenvalue weighted by molar-refractivity contribution is 0.0846. The highest BCUT2D eigenvalue weighted by molar-refractivity contribution is 5.18. The van der Waals surface area contributed by atoms with E-state index in [4.69, 9.17) is 0 Å². The Labute approximate surface area is 99.9 Å². The maximum atomic E-state index is 9.72. The maximum absolute atomic E-state index is 9.72. The third-order valence-electron chi connectivity index (χ3n) is 5.12. The van der Waals surface area contributed by atoms with Gasteiger partial charge in [-0.05, 0) is 49.9 Å². The summed E-state index contributed by atoms with van der Waals surface area (Å²) in [7, 11) is 0. The van der Waals surface area contributed by atoms with Crippen LogP contribution >= 0.6 is 0 Å². The molecule has 3 unspecified atom stereocenters. The predicted octanol–water partition coefficient (Wildman–Crippen LogP) is 3.92. The van der Waals surface area contributed by atoms with Gasteiger partial charge in [0, 0.05) is 0 Å². The number of rotatable bonds is 2. The Morgan fingerprint density at radius 2 is 2.12 bits per heavy atom. The zero-order valence-electron chi connectivity index (χ0n) is 11.0. The fourth-order valence-corrected chi connectivity index (χ4v) is 3.47. The first-order chi connectivity index (χ1) is 7.50. The zero-order chi connectivity index (χ0) is 11.8. The standard InChI is InChI=1S/C15H26O/c1-11-7-8-13(15(11,2)3)9-12-5-4-6-14(16)10-12/h7,12-14,16H,4-6,8-10H2,1-3H3. The van der Waals surface area contributed by atoms with E-state index in [2.05, 4.69) is 26.8 Å². The van der Waals surface area contributed by atoms with Gasteiger partial charge in [0.15, 0.2) is 0 Å². The molecule has 0 aromatic heterocycles. The van der Waals surface area contributed by atoms with Gasteiger partial charge < -0.3 is 5.11 Å². The van der Waals surface area contributed by atoms with Crippen LogP contribution in [0.4, 0.5) is 0 Å². The third kappa shape index (κ3) is 2.34. The number of allylic oxidation sites excluding steroid dienone is 2. The van der Waals surface area contributed by atoms with Crippen molar-refractivity contribution in [3.05, 3.63) is 11.6 Å². The van der Waals surface area contributed by atoms with Gasteiger partial charge in [-0.3, -0.25) is 0 Å². The smallest absolute Gasteiger partial charge is 0.0542 e. The van der Waals surface area contributed by atoms with E-state index in [1.807, 2.05) is 0 Å². The molecule has 1 heteroatoms. The lowest BCUT2D eigenvalue weighted by Crippen LogP contribution is -2.26. The lowest BCUT2D eigenvalue weighted by atomic mass is 9.71. The first-order valence-corrected chi connectivity index (χ1v) is 6.85. The highest BCUT2D eigenvalue weighted by Crippen LogP contribution is 2.47. The van der Waals surface area contributed by atoms with Crippen molar-refractivity contribution in [2.75, 3.05) is 0 Å². The summed E-state index contributed by atoms with van der Waals surface area (Å²) in [6, 6.07) is 0. The van der Waals surface area contributed by atoms with Gasteiger partial charge in [0.1, 0.15) is 0 Å². The molecule has 2 aliphatic carbocycles. The predicted molar refractivity (Wildman–Crippen MR) is 68.2 cm³/mol. The molecule has 92 valence electrons. The van der Waals surface area contributed by atoms with Crippen LogP contribution in [0.2, 0.25) is 0 Å². The van der Waals surface area contributed by atoms with Gasteiger partial charge in [-0.1, -0.05) is 38.3 Å². The molecule has 0 radical (unpaired) electrons. The fraction of sp³-hybridized carbons (Fsp3) is 0.867. The molecular formula is C15H26O. The van der Waals surface area contributed by atoms with E-state index < -0.39 is 0 Å². The minimum absolute atomic E-state index is 0.0164. The summed E-state index contributed by atoms with van der Waals surface area (Å²) < 4.78 is 0. The average Bonchev–Trinajstić information content (AvgIpc) is 2.45. The number of aliphatic hydroxyl groups excluding tert-OH is 1. The van der Waals surface area contributed by atoms with E-state index in [0.717, 1.165) is 24.7 Å². The summed E-state index contributed by atoms with van der Waals surface area (Å²) in [6.45, 7) is 7.04. The monoisotopic (exact) mass is 222 g/mol. The van der Waals surface area contributed by atoms with Gasteiger partial charge in [0.05, 0.1) is 6.10 Å². The van der Waals surface area contributed by atoms with Crippen molar-refractivity contribution < 1.29 is 5.11 Å². The van der Waals surface area contributed by atoms with E-state index in [9.17, 15) is 5.11 Å². The van der Waals surface area contributed by atoms with Crippen LogP contribution in [0, 0.1) is 17.3 Å². The molecule has 0 saturated heterocycles. The van der Waals surface area contributed by atoms with E-state index in [0.29, 0.717) is 5.41 Å². The minimum Gasteiger partial charge on any atom is -0.393 e. The van der Waals surface area contributed by atoms with Crippen LogP contribution in [-0.4, -0.2) is 11.2 Å². The van der Waals surface area contributed by atoms with Crippen molar-refractivity contribution in [1.82, 2.24) is 0 Å². The molecule has 0 heterocycles. The number of aliphatic hydroxyl groups is 1. The fourth-order valence-electron chi connectivity index (χ4n) is 3.47. The second-order valence-electron chi connectivity index (χ2n) is 6.46. The molecule has 0 aromatic rings. The summed E-state index contributed by atoms with van der Waals surface area (Å²) in [4.78, 5) is 0. The Bertz CT molecular complexity index is 277. The van der Waals surface area contributed by atoms with Crippen LogP contribution in [0.15, 0.2) is 11.6 Å². The second-order valence-corrected chi connectivity index (χ2v) is 6.46. The molecule has 16 heavy (non-hydrogen) atoms. The summed E-state index contributed by atoms with van der Waals surface area (Å²) in [5.41, 5.74) is 1.96. The van der Waals surface area contributed by atoms with Gasteiger partial charge in [0.25, 0.3) is 0 Å². The Kier molecular flexibility index (Phi) is 3.44. The molecular weight excluding hydrogens is 196 g/mol. The molecule has 2 aliphatic rings. The molecule has 0 aliphatic heterocycles. The summed E-state index contributed by atoms with van der Waals surface area (Å²) in [5, 5.41) is 9.72. The third-order valence-corrected chi connectivity index (χ3v) is 5.12. The molecule has 0 bridgehead atoms. The Hall–Kier alpha value is -0.300. The van der Waals surface area contributed by atoms with E-state index >= 15 is 0 Å². The molecule has 1 fully saturated rings. The van der Waals surface area contributed by atoms with Crippen LogP contribution < -0.4 is 0 Å². The number of hydrogen-bond donors (Lipinski definition) is 1. The van der Waals surface area contributed by atoms with Crippen LogP contribution in [0.3, 0.4) is 0 Å². The van der Waals surface area contributed by atoms with Crippen molar-refractivity contribution in [1.29, 1.82) is 0 Å². The van der Waals surface area contributed by atoms with Crippen LogP contribution in [0.25, 0.3) is 0 Å². The van der Waals surface area contributed by atoms with E-state index in [1.54, 1.807) is 5.57 Å². The molecule has 2 rings (SSSR count). The Morgan fingerprint density at radius 1 is 1.38 bits per heavy atom. The highest BCUT2D eigenvalue weighted by atomic mass is 16.3. The molecule has 0 amide bonds. The van der Waals surface area contributed by atoms with E-state index in [-0.39, 0.29) is 6.10 Å². The van der Waals surface area contributed by atoms with Gasteiger partial charge in [-0.15, -0.1) is 0 Å². The van der Waals surface area contributed by atoms with Crippen molar-refractivity contribution in [2.24, 2.45) is 17.3 Å². The first kappa shape index (κ1) is 12.2. The Morgan fingerprint density at radius 3 is 2.69 bits per heavy atom. The van der Waals surface area contributed by atoms with Crippen molar-refractivity contribution in [3.63, 3.8) is 0 Å². The lowest BCUT2D eigenvalue weighted by Gasteiger charge is -2.35. The van der Waals surface area contributed by atoms with E-state index in [1.165, 1.54) is 25.7 Å². The normalized spacial score (nSPS) is 38.5. The van der Waals surface area contributed by atoms with Gasteiger partial charge in [-0.2, -0.15) is 0 Å². The summed E-state index contributed by atoms with van der Waals surface area (Å²) in [5.74, 6) is 1.58. The maximum Gasteiger partial charge on any atom is 0.0542 e. The van der Waals surface area contributed by atoms with Crippen molar-refractivity contribution in [2.45, 2.75) is 65.4 Å². The molecule has 1 saturated carbocycles. The SMILES string of the molecule is CC1=CCC(CC2CCCC(O)C2)C1(C)C. The highest BCUT2D eigenvalue weighted by Gasteiger charge is 2.36. The summed E-state index contributed by atoms with van der Waals surface area (Å²) in [6.07, 6.45) is 9.62. The first-order valence-electron chi connectivity index (χ1n) is 6.85.